The molecule has 1 aliphatic carbocycles. The van der Waals surface area contributed by atoms with Crippen molar-refractivity contribution in [1.29, 1.82) is 0 Å². The van der Waals surface area contributed by atoms with E-state index in [4.69, 9.17) is 9.73 Å². The van der Waals surface area contributed by atoms with E-state index in [-0.39, 0.29) is 11.6 Å². The van der Waals surface area contributed by atoms with Crippen LogP contribution in [0.2, 0.25) is 0 Å². The van der Waals surface area contributed by atoms with Crippen molar-refractivity contribution in [2.24, 2.45) is 4.99 Å². The lowest BCUT2D eigenvalue weighted by Crippen LogP contribution is -2.43. The number of hydrogen-bond acceptors (Lipinski definition) is 3. The van der Waals surface area contributed by atoms with Gasteiger partial charge in [-0.15, -0.1) is 0 Å². The van der Waals surface area contributed by atoms with Crippen LogP contribution in [0.4, 0.5) is 0 Å². The molecule has 104 valence electrons. The van der Waals surface area contributed by atoms with E-state index in [1.165, 1.54) is 6.42 Å². The molecule has 4 nitrogen and oxygen atoms in total. The summed E-state index contributed by atoms with van der Waals surface area (Å²) in [5, 5.41) is 3.09. The molecular weight excluding hydrogens is 251 g/mol. The molecule has 0 saturated heterocycles. The number of methoxy groups -OCH3 is 1. The van der Waals surface area contributed by atoms with E-state index in [0.717, 1.165) is 42.5 Å². The Morgan fingerprint density at radius 3 is 2.70 bits per heavy atom. The minimum atomic E-state index is -0.335. The second-order valence-electron chi connectivity index (χ2n) is 5.69. The maximum absolute atomic E-state index is 12.2. The molecule has 1 saturated carbocycles. The standard InChI is InChI=1S/C15H19BN2O2/c1-20-12-6-5-10(9-11(12)16)13-14(19)18-15(17-13)7-3-2-4-8-15/h5-6,9H,2-4,7-8,16H2,1H3,(H,18,19). The van der Waals surface area contributed by atoms with Gasteiger partial charge in [-0.3, -0.25) is 9.79 Å². The number of nitrogens with zero attached hydrogens (tertiary/aromatic N) is 1. The summed E-state index contributed by atoms with van der Waals surface area (Å²) in [6.45, 7) is 0. The predicted molar refractivity (Wildman–Crippen MR) is 81.7 cm³/mol. The first kappa shape index (κ1) is 13.2. The highest BCUT2D eigenvalue weighted by Crippen LogP contribution is 2.33. The molecule has 20 heavy (non-hydrogen) atoms. The maximum atomic E-state index is 12.2. The fraction of sp³-hybridized carbons (Fsp3) is 0.467. The summed E-state index contributed by atoms with van der Waals surface area (Å²) in [4.78, 5) is 17.0. The number of benzene rings is 1. The molecule has 1 fully saturated rings. The van der Waals surface area contributed by atoms with Crippen molar-refractivity contribution in [3.63, 3.8) is 0 Å². The van der Waals surface area contributed by atoms with E-state index in [9.17, 15) is 4.79 Å². The number of carbonyl (C=O) groups is 1. The van der Waals surface area contributed by atoms with Gasteiger partial charge in [-0.05, 0) is 43.3 Å². The van der Waals surface area contributed by atoms with Crippen LogP contribution in [0, 0.1) is 0 Å². The van der Waals surface area contributed by atoms with Gasteiger partial charge in [0.05, 0.1) is 7.11 Å². The topological polar surface area (TPSA) is 50.7 Å². The summed E-state index contributed by atoms with van der Waals surface area (Å²) in [6.07, 6.45) is 5.43. The van der Waals surface area contributed by atoms with E-state index in [1.54, 1.807) is 7.11 Å². The Morgan fingerprint density at radius 1 is 1.30 bits per heavy atom. The van der Waals surface area contributed by atoms with Gasteiger partial charge in [0.1, 0.15) is 25.0 Å². The smallest absolute Gasteiger partial charge is 0.272 e. The lowest BCUT2D eigenvalue weighted by Gasteiger charge is -2.30. The third-order valence-corrected chi connectivity index (χ3v) is 4.24. The number of amides is 1. The van der Waals surface area contributed by atoms with Gasteiger partial charge in [-0.2, -0.15) is 0 Å². The monoisotopic (exact) mass is 270 g/mol. The van der Waals surface area contributed by atoms with Crippen molar-refractivity contribution in [3.05, 3.63) is 23.8 Å². The Morgan fingerprint density at radius 2 is 2.05 bits per heavy atom. The van der Waals surface area contributed by atoms with Crippen LogP contribution in [0.1, 0.15) is 37.7 Å². The normalized spacial score (nSPS) is 20.6. The molecule has 5 heteroatoms. The number of carbonyl (C=O) groups excluding carboxylic acids is 1. The molecule has 0 atom stereocenters. The lowest BCUT2D eigenvalue weighted by atomic mass is 9.90. The summed E-state index contributed by atoms with van der Waals surface area (Å²) >= 11 is 0. The highest BCUT2D eigenvalue weighted by atomic mass is 16.5. The SMILES string of the molecule is Bc1cc(C2=NC3(CCCCC3)NC2=O)ccc1OC. The van der Waals surface area contributed by atoms with Gasteiger partial charge in [-0.25, -0.2) is 0 Å². The molecule has 1 aromatic carbocycles. The van der Waals surface area contributed by atoms with Crippen LogP contribution in [0.3, 0.4) is 0 Å². The number of aliphatic imine (C=N–C) groups is 1. The van der Waals surface area contributed by atoms with E-state index in [2.05, 4.69) is 5.32 Å². The first-order valence-corrected chi connectivity index (χ1v) is 7.21. The van der Waals surface area contributed by atoms with E-state index < -0.39 is 0 Å². The van der Waals surface area contributed by atoms with Crippen LogP contribution in [-0.2, 0) is 4.79 Å². The highest BCUT2D eigenvalue weighted by Gasteiger charge is 2.40. The van der Waals surface area contributed by atoms with Crippen LogP contribution >= 0.6 is 0 Å². The Hall–Kier alpha value is -1.78. The van der Waals surface area contributed by atoms with Gasteiger partial charge >= 0.3 is 0 Å². The first-order chi connectivity index (χ1) is 9.63. The van der Waals surface area contributed by atoms with Crippen molar-refractivity contribution >= 4 is 24.9 Å². The van der Waals surface area contributed by atoms with E-state index in [1.807, 2.05) is 26.0 Å². The molecule has 1 amide bonds. The molecule has 0 radical (unpaired) electrons. The molecule has 1 heterocycles. The van der Waals surface area contributed by atoms with Gasteiger partial charge < -0.3 is 10.1 Å². The largest absolute Gasteiger partial charge is 0.497 e. The van der Waals surface area contributed by atoms with Gasteiger partial charge in [0.25, 0.3) is 5.91 Å². The van der Waals surface area contributed by atoms with Crippen LogP contribution in [0.25, 0.3) is 0 Å². The van der Waals surface area contributed by atoms with Crippen LogP contribution < -0.4 is 15.5 Å². The molecule has 0 unspecified atom stereocenters. The van der Waals surface area contributed by atoms with Crippen molar-refractivity contribution < 1.29 is 9.53 Å². The number of nitrogens with one attached hydrogen (secondary N) is 1. The molecule has 1 spiro atoms. The van der Waals surface area contributed by atoms with Crippen molar-refractivity contribution in [1.82, 2.24) is 5.32 Å². The summed E-state index contributed by atoms with van der Waals surface area (Å²) in [5.41, 5.74) is 2.13. The zero-order valence-electron chi connectivity index (χ0n) is 12.0. The average Bonchev–Trinajstić information content (AvgIpc) is 2.76. The molecule has 0 bridgehead atoms. The molecule has 3 rings (SSSR count). The van der Waals surface area contributed by atoms with Gasteiger partial charge in [-0.1, -0.05) is 12.5 Å². The Labute approximate surface area is 120 Å². The Kier molecular flexibility index (Phi) is 3.28. The van der Waals surface area contributed by atoms with Gasteiger partial charge in [0, 0.05) is 5.56 Å². The first-order valence-electron chi connectivity index (χ1n) is 7.21. The average molecular weight is 270 g/mol. The van der Waals surface area contributed by atoms with Crippen molar-refractivity contribution in [2.75, 3.05) is 7.11 Å². The third kappa shape index (κ3) is 2.21. The van der Waals surface area contributed by atoms with Gasteiger partial charge in [0.2, 0.25) is 0 Å². The summed E-state index contributed by atoms with van der Waals surface area (Å²) < 4.78 is 5.26. The quantitative estimate of drug-likeness (QED) is 0.797. The van der Waals surface area contributed by atoms with Crippen LogP contribution in [0.15, 0.2) is 23.2 Å². The second kappa shape index (κ2) is 4.96. The predicted octanol–water partition coefficient (Wildman–Crippen LogP) is 0.533. The fourth-order valence-corrected chi connectivity index (χ4v) is 3.16. The minimum absolute atomic E-state index is 0.0449. The maximum Gasteiger partial charge on any atom is 0.272 e. The fourth-order valence-electron chi connectivity index (χ4n) is 3.16. The molecular formula is C15H19BN2O2. The molecule has 1 aromatic rings. The number of rotatable bonds is 2. The lowest BCUT2D eigenvalue weighted by molar-refractivity contribution is -0.115. The molecule has 2 aliphatic rings. The molecule has 1 N–H and O–H groups in total. The van der Waals surface area contributed by atoms with Crippen molar-refractivity contribution in [3.8, 4) is 5.75 Å². The number of hydrogen-bond donors (Lipinski definition) is 1. The van der Waals surface area contributed by atoms with Crippen LogP contribution in [0.5, 0.6) is 5.75 Å². The summed E-state index contributed by atoms with van der Waals surface area (Å²) in [5.74, 6) is 0.789. The summed E-state index contributed by atoms with van der Waals surface area (Å²) in [7, 11) is 3.63. The third-order valence-electron chi connectivity index (χ3n) is 4.24. The number of ether oxygens (including phenoxy) is 1. The van der Waals surface area contributed by atoms with Crippen LogP contribution in [-0.4, -0.2) is 32.2 Å². The summed E-state index contributed by atoms with van der Waals surface area (Å²) in [6, 6.07) is 5.78. The second-order valence-corrected chi connectivity index (χ2v) is 5.69. The Balaban J connectivity index is 1.94. The van der Waals surface area contributed by atoms with E-state index >= 15 is 0 Å². The Bertz CT molecular complexity index is 577. The highest BCUT2D eigenvalue weighted by molar-refractivity contribution is 6.47. The van der Waals surface area contributed by atoms with Gasteiger partial charge in [0.15, 0.2) is 0 Å². The zero-order valence-corrected chi connectivity index (χ0v) is 12.0. The zero-order chi connectivity index (χ0) is 14.2. The molecule has 0 aromatic heterocycles. The van der Waals surface area contributed by atoms with E-state index in [0.29, 0.717) is 5.71 Å². The minimum Gasteiger partial charge on any atom is -0.497 e. The molecule has 1 aliphatic heterocycles. The van der Waals surface area contributed by atoms with Crippen molar-refractivity contribution in [2.45, 2.75) is 37.8 Å².